The van der Waals surface area contributed by atoms with Crippen LogP contribution in [0.1, 0.15) is 107 Å². The number of piperidine rings is 2. The van der Waals surface area contributed by atoms with Crippen LogP contribution in [-0.4, -0.2) is 97.5 Å². The molecule has 6 atom stereocenters. The number of nitrogens with one attached hydrogen (secondary N) is 3. The molecule has 12 nitrogen and oxygen atoms in total. The molecule has 0 saturated carbocycles. The summed E-state index contributed by atoms with van der Waals surface area (Å²) >= 11 is 0. The number of para-hydroxylation sites is 1. The van der Waals surface area contributed by atoms with Crippen molar-refractivity contribution in [3.8, 4) is 0 Å². The van der Waals surface area contributed by atoms with Gasteiger partial charge in [-0.15, -0.1) is 0 Å². The largest absolute Gasteiger partial charge is 0.383 e. The fourth-order valence-corrected chi connectivity index (χ4v) is 11.9. The Morgan fingerprint density at radius 3 is 1.69 bits per heavy atom. The molecule has 10 rings (SSSR count). The number of aromatic amines is 1. The van der Waals surface area contributed by atoms with Gasteiger partial charge >= 0.3 is 0 Å². The first-order chi connectivity index (χ1) is 37.3. The van der Waals surface area contributed by atoms with Gasteiger partial charge in [0, 0.05) is 95.8 Å². The maximum atomic E-state index is 13.7. The molecule has 0 bridgehead atoms. The number of nitrogens with zero attached hydrogens (tertiary/aromatic N) is 4. The highest BCUT2D eigenvalue weighted by Crippen LogP contribution is 2.27. The van der Waals surface area contributed by atoms with E-state index < -0.39 is 12.1 Å². The molecule has 8 aromatic rings. The lowest BCUT2D eigenvalue weighted by molar-refractivity contribution is -0.129. The lowest BCUT2D eigenvalue weighted by Crippen LogP contribution is -2.51. The number of H-pyrrole nitrogens is 1. The van der Waals surface area contributed by atoms with Crippen molar-refractivity contribution < 1.29 is 19.2 Å². The normalized spacial score (nSPS) is 18.9. The van der Waals surface area contributed by atoms with Gasteiger partial charge in [-0.2, -0.15) is 0 Å². The number of anilines is 1. The van der Waals surface area contributed by atoms with Crippen LogP contribution in [0.4, 0.5) is 5.82 Å². The summed E-state index contributed by atoms with van der Waals surface area (Å²) in [4.78, 5) is 70.2. The highest BCUT2D eigenvalue weighted by molar-refractivity contribution is 5.94. The molecule has 77 heavy (non-hydrogen) atoms. The highest BCUT2D eigenvalue weighted by Gasteiger charge is 2.31. The first-order valence-corrected chi connectivity index (χ1v) is 27.9. The van der Waals surface area contributed by atoms with E-state index in [-0.39, 0.29) is 23.4 Å². The molecule has 2 saturated heterocycles. The fourth-order valence-electron chi connectivity index (χ4n) is 11.9. The second kappa shape index (κ2) is 25.2. The van der Waals surface area contributed by atoms with Crippen molar-refractivity contribution in [3.63, 3.8) is 0 Å². The van der Waals surface area contributed by atoms with Gasteiger partial charge in [-0.05, 0) is 135 Å². The first-order valence-electron chi connectivity index (χ1n) is 27.9. The smallest absolute Gasteiger partial charge is 0.234 e. The minimum absolute atomic E-state index is 0.0466. The molecule has 3 aromatic heterocycles. The van der Waals surface area contributed by atoms with Crippen LogP contribution in [0.3, 0.4) is 0 Å². The number of nitrogens with two attached hydrogens (primary N) is 1. The third kappa shape index (κ3) is 13.6. The van der Waals surface area contributed by atoms with E-state index in [9.17, 15) is 19.2 Å². The van der Waals surface area contributed by atoms with Crippen molar-refractivity contribution in [2.24, 2.45) is 0 Å². The van der Waals surface area contributed by atoms with E-state index in [0.717, 1.165) is 96.9 Å². The van der Waals surface area contributed by atoms with E-state index in [0.29, 0.717) is 81.6 Å². The highest BCUT2D eigenvalue weighted by atomic mass is 16.2. The summed E-state index contributed by atoms with van der Waals surface area (Å²) < 4.78 is 0. The number of pyridine rings is 2. The second-order valence-electron chi connectivity index (χ2n) is 21.9. The van der Waals surface area contributed by atoms with Crippen LogP contribution in [0.25, 0.3) is 43.2 Å². The van der Waals surface area contributed by atoms with Crippen LogP contribution >= 0.6 is 0 Å². The van der Waals surface area contributed by atoms with Gasteiger partial charge in [0.25, 0.3) is 0 Å². The fraction of sp³-hybridized carbons (Fsp3) is 0.385. The standard InChI is InChI=1S/C33H38N4O2.C32H38N4O2/c1-22-7-5-8-23(2)37(22)21-32(39)36-30(20-26-11-6-10-25-9-3-4-12-28(25)26)31(38)16-14-24-13-15-29-27(19-24)17-18-35-33(29)34;1-21-7-6-8-22(2)36(21)20-32(38)35-30(18-26-19-34-29-10-5-4-9-28(26)29)31(37)14-12-24-11-13-27-23(3)33-16-15-25(27)17-24/h3-4,6,9-13,15,17-19,22-23,30H,5,7-8,14,16,20-21H2,1-2H3,(H2,34,35)(H,36,39);4-5,9-11,13,15-17,19,21-22,30,34H,6-8,12,14,18,20H2,1-3H3,(H,35,38)/t22?,23?,30-;21-,22+,30-/m00/s1. The van der Waals surface area contributed by atoms with Crippen molar-refractivity contribution >= 4 is 72.4 Å². The first kappa shape index (κ1) is 54.5. The third-order valence-corrected chi connectivity index (χ3v) is 16.5. The van der Waals surface area contributed by atoms with Crippen LogP contribution in [-0.2, 0) is 44.9 Å². The molecule has 0 radical (unpaired) electrons. The molecule has 2 amide bonds. The topological polar surface area (TPSA) is 166 Å². The van der Waals surface area contributed by atoms with Crippen LogP contribution in [0.5, 0.6) is 0 Å². The molecule has 5 N–H and O–H groups in total. The number of aryl methyl sites for hydroxylation is 3. The number of nitrogen functional groups attached to an aromatic ring is 1. The Morgan fingerprint density at radius 2 is 1.08 bits per heavy atom. The van der Waals surface area contributed by atoms with Crippen LogP contribution in [0.15, 0.2) is 134 Å². The predicted molar refractivity (Wildman–Crippen MR) is 312 cm³/mol. The number of fused-ring (bicyclic) bond motifs is 4. The average molecular weight is 1030 g/mol. The number of benzene rings is 5. The number of hydrogen-bond acceptors (Lipinski definition) is 9. The summed E-state index contributed by atoms with van der Waals surface area (Å²) in [6.07, 6.45) is 15.2. The van der Waals surface area contributed by atoms with Crippen molar-refractivity contribution in [1.29, 1.82) is 0 Å². The van der Waals surface area contributed by atoms with Crippen molar-refractivity contribution in [2.45, 2.75) is 148 Å². The molecular formula is C65H76N8O4. The van der Waals surface area contributed by atoms with Gasteiger partial charge in [0.05, 0.1) is 25.2 Å². The lowest BCUT2D eigenvalue weighted by Gasteiger charge is -2.38. The van der Waals surface area contributed by atoms with Gasteiger partial charge in [-0.1, -0.05) is 110 Å². The van der Waals surface area contributed by atoms with Crippen LogP contribution < -0.4 is 16.4 Å². The Morgan fingerprint density at radius 1 is 0.571 bits per heavy atom. The second-order valence-corrected chi connectivity index (χ2v) is 21.9. The number of Topliss-reactive ketones (excluding diaryl/α,β-unsaturated/α-hetero) is 2. The Hall–Kier alpha value is -7.28. The molecule has 0 aliphatic carbocycles. The zero-order chi connectivity index (χ0) is 54.0. The van der Waals surface area contributed by atoms with Crippen LogP contribution in [0.2, 0.25) is 0 Å². The van der Waals surface area contributed by atoms with Crippen molar-refractivity contribution in [3.05, 3.63) is 162 Å². The summed E-state index contributed by atoms with van der Waals surface area (Å²) in [6, 6.07) is 39.1. The van der Waals surface area contributed by atoms with Gasteiger partial charge in [0.15, 0.2) is 11.6 Å². The number of carbonyl (C=O) groups is 4. The molecular weight excluding hydrogens is 957 g/mol. The number of amides is 2. The van der Waals surface area contributed by atoms with Crippen LogP contribution in [0, 0.1) is 6.92 Å². The quantitative estimate of drug-likeness (QED) is 0.0654. The van der Waals surface area contributed by atoms with Gasteiger partial charge in [0.2, 0.25) is 11.8 Å². The molecule has 2 fully saturated rings. The maximum Gasteiger partial charge on any atom is 0.234 e. The number of likely N-dealkylation sites (tertiary alicyclic amines) is 2. The molecule has 2 aliphatic rings. The Kier molecular flexibility index (Phi) is 17.9. The van der Waals surface area contributed by atoms with Gasteiger partial charge < -0.3 is 21.4 Å². The summed E-state index contributed by atoms with van der Waals surface area (Å²) in [6.45, 7) is 11.4. The van der Waals surface area contributed by atoms with E-state index in [1.165, 1.54) is 12.8 Å². The average Bonchev–Trinajstić information content (AvgIpc) is 3.84. The maximum absolute atomic E-state index is 13.7. The number of hydrogen-bond donors (Lipinski definition) is 4. The summed E-state index contributed by atoms with van der Waals surface area (Å²) in [5, 5.41) is 13.8. The SMILES string of the molecule is CC1CCCC(C)N1CC(=O)N[C@@H](Cc1cccc2ccccc12)C(=O)CCc1ccc2c(N)nccc2c1.Cc1nccc2cc(CCC(=O)[C@H](Cc3c[nH]c4ccccc34)NC(=O)CN3[C@H](C)CCC[C@@H]3C)ccc12. The van der Waals surface area contributed by atoms with Crippen molar-refractivity contribution in [2.75, 3.05) is 18.8 Å². The molecule has 12 heteroatoms. The van der Waals surface area contributed by atoms with E-state index >= 15 is 0 Å². The molecule has 5 heterocycles. The number of aromatic nitrogens is 3. The van der Waals surface area contributed by atoms with E-state index in [2.05, 4.69) is 118 Å². The Balaban J connectivity index is 0.000000188. The minimum Gasteiger partial charge on any atom is -0.383 e. The number of carbonyl (C=O) groups excluding carboxylic acids is 4. The Labute approximate surface area is 453 Å². The van der Waals surface area contributed by atoms with Gasteiger partial charge in [-0.25, -0.2) is 4.98 Å². The molecule has 5 aromatic carbocycles. The third-order valence-electron chi connectivity index (χ3n) is 16.5. The lowest BCUT2D eigenvalue weighted by atomic mass is 9.94. The summed E-state index contributed by atoms with van der Waals surface area (Å²) in [7, 11) is 0. The van der Waals surface area contributed by atoms with Gasteiger partial charge in [0.1, 0.15) is 5.82 Å². The molecule has 400 valence electrons. The molecule has 2 unspecified atom stereocenters. The molecule has 2 aliphatic heterocycles. The zero-order valence-corrected chi connectivity index (χ0v) is 45.6. The van der Waals surface area contributed by atoms with E-state index in [1.807, 2.05) is 80.0 Å². The zero-order valence-electron chi connectivity index (χ0n) is 45.6. The van der Waals surface area contributed by atoms with Crippen molar-refractivity contribution in [1.82, 2.24) is 35.4 Å². The van der Waals surface area contributed by atoms with E-state index in [1.54, 1.807) is 6.20 Å². The summed E-state index contributed by atoms with van der Waals surface area (Å²) in [5.41, 5.74) is 12.3. The Bertz CT molecular complexity index is 3340. The monoisotopic (exact) mass is 1030 g/mol. The number of rotatable bonds is 18. The van der Waals surface area contributed by atoms with E-state index in [4.69, 9.17) is 5.73 Å². The summed E-state index contributed by atoms with van der Waals surface area (Å²) in [5.74, 6) is 0.463. The van der Waals surface area contributed by atoms with Gasteiger partial charge in [-0.3, -0.25) is 34.0 Å². The molecule has 0 spiro atoms. The minimum atomic E-state index is -0.584. The number of ketones is 2. The predicted octanol–water partition coefficient (Wildman–Crippen LogP) is 11.0.